The third kappa shape index (κ3) is 4.11. The number of ether oxygens (including phenoxy) is 3. The van der Waals surface area contributed by atoms with Crippen molar-refractivity contribution < 1.29 is 19.0 Å². The SMILES string of the molecule is COc1cc(C(=O)NC2COC2)ccc1Nc1nc(OC)c2c(-c3ccnc(C)c3)c[nH]c2n1. The van der Waals surface area contributed by atoms with E-state index in [0.717, 1.165) is 22.2 Å². The molecule has 3 N–H and O–H groups in total. The Morgan fingerprint density at radius 2 is 2.00 bits per heavy atom. The van der Waals surface area contributed by atoms with Crippen LogP contribution in [0.4, 0.5) is 11.6 Å². The first-order valence-corrected chi connectivity index (χ1v) is 10.8. The number of H-pyrrole nitrogens is 1. The minimum absolute atomic E-state index is 0.0469. The molecule has 0 saturated carbocycles. The normalized spacial score (nSPS) is 13.4. The van der Waals surface area contributed by atoms with Gasteiger partial charge in [-0.05, 0) is 42.8 Å². The minimum Gasteiger partial charge on any atom is -0.495 e. The van der Waals surface area contributed by atoms with Gasteiger partial charge < -0.3 is 29.8 Å². The van der Waals surface area contributed by atoms with E-state index in [4.69, 9.17) is 14.2 Å². The third-order valence-electron chi connectivity index (χ3n) is 5.58. The maximum Gasteiger partial charge on any atom is 0.251 e. The number of carbonyl (C=O) groups excluding carboxylic acids is 1. The van der Waals surface area contributed by atoms with Gasteiger partial charge in [0.25, 0.3) is 5.91 Å². The van der Waals surface area contributed by atoms with E-state index in [1.165, 1.54) is 0 Å². The molecule has 1 saturated heterocycles. The maximum atomic E-state index is 12.5. The summed E-state index contributed by atoms with van der Waals surface area (Å²) in [5, 5.41) is 6.86. The first-order valence-electron chi connectivity index (χ1n) is 10.8. The van der Waals surface area contributed by atoms with Gasteiger partial charge in [0.1, 0.15) is 11.4 Å². The first kappa shape index (κ1) is 21.7. The lowest BCUT2D eigenvalue weighted by Crippen LogP contribution is -2.48. The van der Waals surface area contributed by atoms with Crippen LogP contribution >= 0.6 is 0 Å². The quantitative estimate of drug-likeness (QED) is 0.384. The molecule has 4 heterocycles. The highest BCUT2D eigenvalue weighted by Gasteiger charge is 2.22. The van der Waals surface area contributed by atoms with E-state index in [1.54, 1.807) is 38.6 Å². The predicted octanol–water partition coefficient (Wildman–Crippen LogP) is 3.22. The summed E-state index contributed by atoms with van der Waals surface area (Å²) >= 11 is 0. The average molecular weight is 460 g/mol. The van der Waals surface area contributed by atoms with E-state index in [9.17, 15) is 4.79 Å². The third-order valence-corrected chi connectivity index (χ3v) is 5.58. The molecule has 0 aliphatic carbocycles. The van der Waals surface area contributed by atoms with Crippen molar-refractivity contribution in [3.63, 3.8) is 0 Å². The highest BCUT2D eigenvalue weighted by atomic mass is 16.5. The second-order valence-corrected chi connectivity index (χ2v) is 7.92. The van der Waals surface area contributed by atoms with Crippen molar-refractivity contribution in [2.45, 2.75) is 13.0 Å². The van der Waals surface area contributed by atoms with Crippen molar-refractivity contribution in [2.24, 2.45) is 0 Å². The summed E-state index contributed by atoms with van der Waals surface area (Å²) in [6.07, 6.45) is 3.64. The summed E-state index contributed by atoms with van der Waals surface area (Å²) in [6, 6.07) is 9.12. The van der Waals surface area contributed by atoms with Crippen molar-refractivity contribution >= 4 is 28.6 Å². The smallest absolute Gasteiger partial charge is 0.251 e. The van der Waals surface area contributed by atoms with Crippen LogP contribution in [0.15, 0.2) is 42.7 Å². The van der Waals surface area contributed by atoms with E-state index in [0.29, 0.717) is 47.7 Å². The molecule has 0 unspecified atom stereocenters. The summed E-state index contributed by atoms with van der Waals surface area (Å²) in [5.41, 5.74) is 4.56. The van der Waals surface area contributed by atoms with Gasteiger partial charge in [0.05, 0.1) is 44.5 Å². The van der Waals surface area contributed by atoms with Crippen LogP contribution in [0.1, 0.15) is 16.1 Å². The van der Waals surface area contributed by atoms with Gasteiger partial charge in [0.15, 0.2) is 0 Å². The maximum absolute atomic E-state index is 12.5. The number of aryl methyl sites for hydroxylation is 1. The standard InChI is InChI=1S/C24H24N6O4/c1-13-8-14(6-7-25-13)17-10-26-21-20(17)23(33-3)30-24(29-21)28-18-5-4-15(9-19(18)32-2)22(31)27-16-11-34-12-16/h4-10,16H,11-12H2,1-3H3,(H,27,31)(H2,26,28,29,30). The number of nitrogens with one attached hydrogen (secondary N) is 3. The minimum atomic E-state index is -0.178. The number of nitrogens with zero attached hydrogens (tertiary/aromatic N) is 3. The Morgan fingerprint density at radius 1 is 1.15 bits per heavy atom. The zero-order valence-electron chi connectivity index (χ0n) is 19.0. The van der Waals surface area contributed by atoms with Gasteiger partial charge in [-0.15, -0.1) is 0 Å². The van der Waals surface area contributed by atoms with E-state index in [1.807, 2.05) is 25.3 Å². The molecule has 0 spiro atoms. The number of carbonyl (C=O) groups is 1. The fraction of sp³-hybridized carbons (Fsp3) is 0.250. The summed E-state index contributed by atoms with van der Waals surface area (Å²) in [7, 11) is 3.11. The van der Waals surface area contributed by atoms with Gasteiger partial charge in [-0.1, -0.05) is 0 Å². The summed E-state index contributed by atoms with van der Waals surface area (Å²) in [4.78, 5) is 29.1. The highest BCUT2D eigenvalue weighted by molar-refractivity contribution is 5.98. The molecular formula is C24H24N6O4. The van der Waals surface area contributed by atoms with E-state index >= 15 is 0 Å². The molecule has 1 amide bonds. The monoisotopic (exact) mass is 460 g/mol. The molecule has 5 rings (SSSR count). The van der Waals surface area contributed by atoms with Gasteiger partial charge in [-0.25, -0.2) is 0 Å². The predicted molar refractivity (Wildman–Crippen MR) is 127 cm³/mol. The fourth-order valence-corrected chi connectivity index (χ4v) is 3.79. The van der Waals surface area contributed by atoms with Crippen molar-refractivity contribution in [1.82, 2.24) is 25.3 Å². The molecule has 10 heteroatoms. The second kappa shape index (κ2) is 8.99. The Bertz CT molecular complexity index is 1370. The zero-order chi connectivity index (χ0) is 23.7. The largest absolute Gasteiger partial charge is 0.495 e. The molecule has 0 atom stereocenters. The molecule has 1 aliphatic rings. The molecule has 0 radical (unpaired) electrons. The van der Waals surface area contributed by atoms with Crippen LogP contribution < -0.4 is 20.1 Å². The molecule has 1 fully saturated rings. The molecule has 1 aliphatic heterocycles. The van der Waals surface area contributed by atoms with Gasteiger partial charge in [-0.2, -0.15) is 9.97 Å². The Morgan fingerprint density at radius 3 is 2.71 bits per heavy atom. The Hall–Kier alpha value is -4.18. The molecule has 4 aromatic rings. The lowest BCUT2D eigenvalue weighted by atomic mass is 10.1. The van der Waals surface area contributed by atoms with E-state index in [-0.39, 0.29) is 11.9 Å². The Labute approximate surface area is 195 Å². The number of anilines is 2. The number of hydrogen-bond acceptors (Lipinski definition) is 8. The van der Waals surface area contributed by atoms with Gasteiger partial charge in [0.2, 0.25) is 11.8 Å². The van der Waals surface area contributed by atoms with Gasteiger partial charge in [0, 0.05) is 29.2 Å². The van der Waals surface area contributed by atoms with Crippen LogP contribution in [0.25, 0.3) is 22.2 Å². The van der Waals surface area contributed by atoms with E-state index in [2.05, 4.69) is 30.6 Å². The van der Waals surface area contributed by atoms with Gasteiger partial charge >= 0.3 is 0 Å². The number of fused-ring (bicyclic) bond motifs is 1. The molecule has 34 heavy (non-hydrogen) atoms. The first-order chi connectivity index (χ1) is 16.6. The van der Waals surface area contributed by atoms with Crippen LogP contribution in [0.3, 0.4) is 0 Å². The van der Waals surface area contributed by atoms with Crippen molar-refractivity contribution in [3.8, 4) is 22.8 Å². The number of hydrogen-bond donors (Lipinski definition) is 3. The summed E-state index contributed by atoms with van der Waals surface area (Å²) < 4.78 is 16.2. The second-order valence-electron chi connectivity index (χ2n) is 7.92. The van der Waals surface area contributed by atoms with Crippen molar-refractivity contribution in [1.29, 1.82) is 0 Å². The number of pyridine rings is 1. The summed E-state index contributed by atoms with van der Waals surface area (Å²) in [5.74, 6) is 1.06. The lowest BCUT2D eigenvalue weighted by Gasteiger charge is -2.26. The average Bonchev–Trinajstić information content (AvgIpc) is 3.25. The van der Waals surface area contributed by atoms with E-state index < -0.39 is 0 Å². The Balaban J connectivity index is 1.45. The van der Waals surface area contributed by atoms with Crippen molar-refractivity contribution in [2.75, 3.05) is 32.8 Å². The van der Waals surface area contributed by atoms with Crippen LogP contribution in [-0.2, 0) is 4.74 Å². The Kier molecular flexibility index (Phi) is 5.72. The van der Waals surface area contributed by atoms with Crippen LogP contribution in [-0.4, -0.2) is 59.3 Å². The molecule has 0 bridgehead atoms. The summed E-state index contributed by atoms with van der Waals surface area (Å²) in [6.45, 7) is 3.01. The fourth-order valence-electron chi connectivity index (χ4n) is 3.79. The lowest BCUT2D eigenvalue weighted by molar-refractivity contribution is -0.00346. The number of amides is 1. The molecule has 174 valence electrons. The number of methoxy groups -OCH3 is 2. The van der Waals surface area contributed by atoms with Gasteiger partial charge in [-0.3, -0.25) is 9.78 Å². The van der Waals surface area contributed by atoms with Crippen LogP contribution in [0.5, 0.6) is 11.6 Å². The number of benzene rings is 1. The zero-order valence-corrected chi connectivity index (χ0v) is 19.0. The number of aromatic nitrogens is 4. The van der Waals surface area contributed by atoms with Crippen LogP contribution in [0, 0.1) is 6.92 Å². The topological polar surface area (TPSA) is 123 Å². The number of aromatic amines is 1. The molecule has 1 aromatic carbocycles. The van der Waals surface area contributed by atoms with Crippen LogP contribution in [0.2, 0.25) is 0 Å². The number of rotatable bonds is 7. The molecule has 10 nitrogen and oxygen atoms in total. The van der Waals surface area contributed by atoms with Crippen molar-refractivity contribution in [3.05, 3.63) is 54.0 Å². The highest BCUT2D eigenvalue weighted by Crippen LogP contribution is 2.35. The molecular weight excluding hydrogens is 436 g/mol. The molecule has 3 aromatic heterocycles.